The van der Waals surface area contributed by atoms with Crippen molar-refractivity contribution in [3.05, 3.63) is 47.1 Å². The molecule has 1 fully saturated rings. The molecule has 2 aromatic heterocycles. The lowest BCUT2D eigenvalue weighted by Crippen LogP contribution is -2.48. The second kappa shape index (κ2) is 8.25. The molecule has 0 saturated heterocycles. The van der Waals surface area contributed by atoms with Crippen molar-refractivity contribution in [2.45, 2.75) is 31.5 Å². The number of methoxy groups -OCH3 is 2. The Kier molecular flexibility index (Phi) is 5.61. The molecule has 1 aliphatic carbocycles. The van der Waals surface area contributed by atoms with E-state index < -0.39 is 17.7 Å². The maximum Gasteiger partial charge on any atom is 0.397 e. The van der Waals surface area contributed by atoms with Gasteiger partial charge in [-0.25, -0.2) is 4.98 Å². The second-order valence-corrected chi connectivity index (χ2v) is 9.86. The fourth-order valence-electron chi connectivity index (χ4n) is 4.51. The molecular formula is C24H20ClF3N2O3S. The highest BCUT2D eigenvalue weighted by Crippen LogP contribution is 2.60. The Morgan fingerprint density at radius 2 is 1.79 bits per heavy atom. The zero-order valence-electron chi connectivity index (χ0n) is 18.2. The summed E-state index contributed by atoms with van der Waals surface area (Å²) in [5, 5.41) is 12.8. The Balaban J connectivity index is 1.71. The Morgan fingerprint density at radius 3 is 2.41 bits per heavy atom. The van der Waals surface area contributed by atoms with Gasteiger partial charge in [0.2, 0.25) is 0 Å². The van der Waals surface area contributed by atoms with Crippen LogP contribution in [0, 0.1) is 5.41 Å². The van der Waals surface area contributed by atoms with Crippen molar-refractivity contribution in [2.24, 2.45) is 5.41 Å². The van der Waals surface area contributed by atoms with Crippen LogP contribution in [0.15, 0.2) is 36.5 Å². The first kappa shape index (κ1) is 23.1. The van der Waals surface area contributed by atoms with Crippen LogP contribution in [-0.4, -0.2) is 35.5 Å². The number of ether oxygens (including phenoxy) is 2. The van der Waals surface area contributed by atoms with Gasteiger partial charge in [0.05, 0.1) is 47.7 Å². The summed E-state index contributed by atoms with van der Waals surface area (Å²) in [5.74, 6) is 0.922. The van der Waals surface area contributed by atoms with Gasteiger partial charge in [-0.2, -0.15) is 13.2 Å². The topological polar surface area (TPSA) is 64.5 Å². The lowest BCUT2D eigenvalue weighted by Gasteiger charge is -2.46. The number of benzene rings is 2. The van der Waals surface area contributed by atoms with Gasteiger partial charge in [0.25, 0.3) is 0 Å². The number of halogens is 4. The molecule has 0 amide bonds. The van der Waals surface area contributed by atoms with Crippen LogP contribution in [0.1, 0.15) is 30.9 Å². The standard InChI is InChI=1S/C24H20ClF3N2O3S/c1-32-14-9-16(21(31)23(4-3-5-23)24(26,27)28)20-18(10-14)34-22(30-20)17-8-13(25)6-12-7-15(33-2)11-29-19(12)17/h6-11,21,31H,3-5H2,1-2H3. The number of thiazole rings is 1. The molecule has 1 unspecified atom stereocenters. The van der Waals surface area contributed by atoms with Gasteiger partial charge in [0.1, 0.15) is 16.5 Å². The van der Waals surface area contributed by atoms with Crippen molar-refractivity contribution in [1.82, 2.24) is 9.97 Å². The lowest BCUT2D eigenvalue weighted by molar-refractivity contribution is -0.284. The van der Waals surface area contributed by atoms with E-state index in [9.17, 15) is 18.3 Å². The maximum absolute atomic E-state index is 14.0. The lowest BCUT2D eigenvalue weighted by atomic mass is 9.63. The summed E-state index contributed by atoms with van der Waals surface area (Å²) >= 11 is 7.63. The number of fused-ring (bicyclic) bond motifs is 2. The zero-order valence-corrected chi connectivity index (χ0v) is 19.8. The summed E-state index contributed by atoms with van der Waals surface area (Å²) in [6.45, 7) is 0. The van der Waals surface area contributed by atoms with E-state index in [1.807, 2.05) is 0 Å². The maximum atomic E-state index is 14.0. The first-order chi connectivity index (χ1) is 16.2. The fourth-order valence-corrected chi connectivity index (χ4v) is 5.78. The van der Waals surface area contributed by atoms with E-state index in [0.29, 0.717) is 49.2 Å². The molecule has 0 spiro atoms. The minimum absolute atomic E-state index is 0.106. The van der Waals surface area contributed by atoms with Gasteiger partial charge < -0.3 is 14.6 Å². The molecule has 5 rings (SSSR count). The van der Waals surface area contributed by atoms with Gasteiger partial charge in [-0.05, 0) is 43.2 Å². The minimum atomic E-state index is -4.54. The fraction of sp³-hybridized carbons (Fsp3) is 0.333. The van der Waals surface area contributed by atoms with E-state index in [0.717, 1.165) is 5.39 Å². The van der Waals surface area contributed by atoms with Crippen molar-refractivity contribution in [1.29, 1.82) is 0 Å². The number of rotatable bonds is 5. The second-order valence-electron chi connectivity index (χ2n) is 8.39. The molecule has 4 aromatic rings. The molecule has 0 radical (unpaired) electrons. The number of pyridine rings is 1. The largest absolute Gasteiger partial charge is 0.497 e. The van der Waals surface area contributed by atoms with Crippen molar-refractivity contribution in [2.75, 3.05) is 14.2 Å². The van der Waals surface area contributed by atoms with Crippen LogP contribution in [0.5, 0.6) is 11.5 Å². The third-order valence-corrected chi connectivity index (χ3v) is 7.80. The van der Waals surface area contributed by atoms with E-state index in [2.05, 4.69) is 9.97 Å². The third kappa shape index (κ3) is 3.57. The van der Waals surface area contributed by atoms with Crippen LogP contribution >= 0.6 is 22.9 Å². The summed E-state index contributed by atoms with van der Waals surface area (Å²) < 4.78 is 53.1. The van der Waals surface area contributed by atoms with Crippen LogP contribution in [0.3, 0.4) is 0 Å². The molecule has 1 aliphatic rings. The first-order valence-corrected chi connectivity index (χ1v) is 11.7. The van der Waals surface area contributed by atoms with Gasteiger partial charge in [0.15, 0.2) is 0 Å². The molecular weight excluding hydrogens is 489 g/mol. The SMILES string of the molecule is COc1cnc2c(-c3nc4c(C(O)C5(C(F)(F)F)CCC5)cc(OC)cc4s3)cc(Cl)cc2c1. The van der Waals surface area contributed by atoms with Crippen molar-refractivity contribution < 1.29 is 27.8 Å². The predicted octanol–water partition coefficient (Wildman–Crippen LogP) is 6.95. The average Bonchev–Trinajstić information content (AvgIpc) is 3.19. The molecule has 5 nitrogen and oxygen atoms in total. The van der Waals surface area contributed by atoms with Gasteiger partial charge >= 0.3 is 6.18 Å². The van der Waals surface area contributed by atoms with Crippen molar-refractivity contribution >= 4 is 44.1 Å². The summed E-state index contributed by atoms with van der Waals surface area (Å²) in [6.07, 6.45) is -4.56. The number of hydrogen-bond acceptors (Lipinski definition) is 6. The van der Waals surface area contributed by atoms with E-state index in [1.54, 1.807) is 30.5 Å². The monoisotopic (exact) mass is 508 g/mol. The molecule has 178 valence electrons. The summed E-state index contributed by atoms with van der Waals surface area (Å²) in [7, 11) is 2.97. The zero-order chi connectivity index (χ0) is 24.3. The van der Waals surface area contributed by atoms with Crippen LogP contribution in [0.2, 0.25) is 5.02 Å². The molecule has 34 heavy (non-hydrogen) atoms. The Bertz CT molecular complexity index is 1400. The first-order valence-electron chi connectivity index (χ1n) is 10.5. The Labute approximate surface area is 202 Å². The molecule has 1 atom stereocenters. The smallest absolute Gasteiger partial charge is 0.397 e. The number of nitrogens with zero attached hydrogens (tertiary/aromatic N) is 2. The number of hydrogen-bond donors (Lipinski definition) is 1. The van der Waals surface area contributed by atoms with Crippen LogP contribution in [-0.2, 0) is 0 Å². The molecule has 10 heteroatoms. The highest BCUT2D eigenvalue weighted by molar-refractivity contribution is 7.21. The van der Waals surface area contributed by atoms with E-state index in [-0.39, 0.29) is 18.4 Å². The highest BCUT2D eigenvalue weighted by atomic mass is 35.5. The van der Waals surface area contributed by atoms with Crippen molar-refractivity contribution in [3.63, 3.8) is 0 Å². The van der Waals surface area contributed by atoms with Gasteiger partial charge in [-0.15, -0.1) is 11.3 Å². The average molecular weight is 509 g/mol. The predicted molar refractivity (Wildman–Crippen MR) is 126 cm³/mol. The molecule has 2 heterocycles. The summed E-state index contributed by atoms with van der Waals surface area (Å²) in [6, 6.07) is 8.42. The number of aliphatic hydroxyl groups excluding tert-OH is 1. The van der Waals surface area contributed by atoms with E-state index in [1.165, 1.54) is 31.6 Å². The van der Waals surface area contributed by atoms with Crippen molar-refractivity contribution in [3.8, 4) is 22.1 Å². The highest BCUT2D eigenvalue weighted by Gasteiger charge is 2.63. The van der Waals surface area contributed by atoms with Crippen LogP contribution < -0.4 is 9.47 Å². The normalized spacial score (nSPS) is 16.4. The number of aliphatic hydroxyl groups is 1. The number of aromatic nitrogens is 2. The summed E-state index contributed by atoms with van der Waals surface area (Å²) in [5.41, 5.74) is -0.499. The van der Waals surface area contributed by atoms with Crippen LogP contribution in [0.25, 0.3) is 31.7 Å². The third-order valence-electron chi connectivity index (χ3n) is 6.55. The molecule has 0 aliphatic heterocycles. The van der Waals surface area contributed by atoms with E-state index >= 15 is 0 Å². The van der Waals surface area contributed by atoms with Gasteiger partial charge in [-0.1, -0.05) is 18.0 Å². The van der Waals surface area contributed by atoms with Gasteiger partial charge in [0, 0.05) is 21.5 Å². The minimum Gasteiger partial charge on any atom is -0.497 e. The quantitative estimate of drug-likeness (QED) is 0.316. The molecule has 2 aromatic carbocycles. The number of alkyl halides is 3. The molecule has 1 saturated carbocycles. The summed E-state index contributed by atoms with van der Waals surface area (Å²) in [4.78, 5) is 9.16. The Hall–Kier alpha value is -2.62. The van der Waals surface area contributed by atoms with Gasteiger partial charge in [-0.3, -0.25) is 4.98 Å². The Morgan fingerprint density at radius 1 is 1.06 bits per heavy atom. The molecule has 1 N–H and O–H groups in total. The van der Waals surface area contributed by atoms with E-state index in [4.69, 9.17) is 21.1 Å². The van der Waals surface area contributed by atoms with Crippen LogP contribution in [0.4, 0.5) is 13.2 Å². The molecule has 0 bridgehead atoms.